The highest BCUT2D eigenvalue weighted by Crippen LogP contribution is 2.25. The molecule has 0 aliphatic carbocycles. The number of alkyl halides is 3. The number of nitrogens with one attached hydrogen (secondary N) is 1. The standard InChI is InChI=1S/C10H15F3N4/c1-2-3-7-9-16-15-8(6-10(11,12)13)17(9)5-4-14-7/h7,14H,2-6H2,1H3. The molecule has 1 aromatic heterocycles. The fraction of sp³-hybridized carbons (Fsp3) is 0.800. The van der Waals surface area contributed by atoms with Gasteiger partial charge in [-0.15, -0.1) is 10.2 Å². The van der Waals surface area contributed by atoms with Crippen LogP contribution in [0.5, 0.6) is 0 Å². The number of hydrogen-bond acceptors (Lipinski definition) is 3. The Kier molecular flexibility index (Phi) is 3.37. The van der Waals surface area contributed by atoms with Crippen LogP contribution < -0.4 is 5.32 Å². The van der Waals surface area contributed by atoms with Crippen molar-refractivity contribution in [1.82, 2.24) is 20.1 Å². The number of rotatable bonds is 3. The van der Waals surface area contributed by atoms with Gasteiger partial charge in [0.1, 0.15) is 18.1 Å². The lowest BCUT2D eigenvalue weighted by Gasteiger charge is -2.24. The molecule has 0 amide bonds. The molecule has 96 valence electrons. The maximum absolute atomic E-state index is 12.3. The highest BCUT2D eigenvalue weighted by atomic mass is 19.4. The minimum atomic E-state index is -4.23. The maximum Gasteiger partial charge on any atom is 0.396 e. The molecule has 1 aliphatic rings. The molecule has 4 nitrogen and oxygen atoms in total. The molecule has 2 heterocycles. The van der Waals surface area contributed by atoms with Gasteiger partial charge in [0, 0.05) is 13.1 Å². The van der Waals surface area contributed by atoms with Crippen molar-refractivity contribution in [2.24, 2.45) is 0 Å². The Morgan fingerprint density at radius 2 is 2.18 bits per heavy atom. The van der Waals surface area contributed by atoms with Crippen LogP contribution in [0.3, 0.4) is 0 Å². The van der Waals surface area contributed by atoms with Crippen LogP contribution >= 0.6 is 0 Å². The molecule has 1 unspecified atom stereocenters. The van der Waals surface area contributed by atoms with Gasteiger partial charge in [0.15, 0.2) is 0 Å². The Balaban J connectivity index is 2.22. The first-order valence-electron chi connectivity index (χ1n) is 5.73. The number of hydrogen-bond donors (Lipinski definition) is 1. The second-order valence-corrected chi connectivity index (χ2v) is 4.21. The summed E-state index contributed by atoms with van der Waals surface area (Å²) in [5.74, 6) is 0.660. The normalized spacial score (nSPS) is 20.4. The largest absolute Gasteiger partial charge is 0.396 e. The zero-order valence-corrected chi connectivity index (χ0v) is 9.59. The Morgan fingerprint density at radius 3 is 2.82 bits per heavy atom. The first kappa shape index (κ1) is 12.3. The fourth-order valence-corrected chi connectivity index (χ4v) is 2.12. The first-order chi connectivity index (χ1) is 8.01. The van der Waals surface area contributed by atoms with E-state index in [1.54, 1.807) is 4.57 Å². The second-order valence-electron chi connectivity index (χ2n) is 4.21. The van der Waals surface area contributed by atoms with Gasteiger partial charge >= 0.3 is 6.18 Å². The van der Waals surface area contributed by atoms with Crippen LogP contribution in [-0.4, -0.2) is 27.5 Å². The highest BCUT2D eigenvalue weighted by Gasteiger charge is 2.33. The molecule has 17 heavy (non-hydrogen) atoms. The average molecular weight is 248 g/mol. The molecule has 0 radical (unpaired) electrons. The lowest BCUT2D eigenvalue weighted by atomic mass is 10.1. The minimum Gasteiger partial charge on any atom is -0.312 e. The number of nitrogens with zero attached hydrogens (tertiary/aromatic N) is 3. The molecule has 0 aromatic carbocycles. The molecule has 1 aliphatic heterocycles. The lowest BCUT2D eigenvalue weighted by Crippen LogP contribution is -2.34. The van der Waals surface area contributed by atoms with Gasteiger partial charge in [-0.05, 0) is 6.42 Å². The van der Waals surface area contributed by atoms with E-state index in [0.717, 1.165) is 12.8 Å². The molecule has 1 atom stereocenters. The van der Waals surface area contributed by atoms with Crippen LogP contribution in [0.25, 0.3) is 0 Å². The van der Waals surface area contributed by atoms with E-state index in [1.165, 1.54) is 0 Å². The summed E-state index contributed by atoms with van der Waals surface area (Å²) in [6.07, 6.45) is -3.41. The molecule has 7 heteroatoms. The van der Waals surface area contributed by atoms with Crippen LogP contribution in [0.4, 0.5) is 13.2 Å². The fourth-order valence-electron chi connectivity index (χ4n) is 2.12. The summed E-state index contributed by atoms with van der Waals surface area (Å²) in [5.41, 5.74) is 0. The van der Waals surface area contributed by atoms with Crippen molar-refractivity contribution < 1.29 is 13.2 Å². The van der Waals surface area contributed by atoms with E-state index >= 15 is 0 Å². The van der Waals surface area contributed by atoms with Gasteiger partial charge in [-0.3, -0.25) is 0 Å². The van der Waals surface area contributed by atoms with Gasteiger partial charge in [0.2, 0.25) is 0 Å². The van der Waals surface area contributed by atoms with Crippen LogP contribution in [-0.2, 0) is 13.0 Å². The smallest absolute Gasteiger partial charge is 0.312 e. The second kappa shape index (κ2) is 4.64. The quantitative estimate of drug-likeness (QED) is 0.887. The highest BCUT2D eigenvalue weighted by molar-refractivity contribution is 5.05. The lowest BCUT2D eigenvalue weighted by molar-refractivity contribution is -0.129. The van der Waals surface area contributed by atoms with Crippen LogP contribution in [0.1, 0.15) is 37.5 Å². The molecule has 2 rings (SSSR count). The molecule has 0 saturated heterocycles. The predicted molar refractivity (Wildman–Crippen MR) is 55.4 cm³/mol. The summed E-state index contributed by atoms with van der Waals surface area (Å²) < 4.78 is 38.6. The minimum absolute atomic E-state index is 0.0232. The summed E-state index contributed by atoms with van der Waals surface area (Å²) in [5, 5.41) is 10.8. The summed E-state index contributed by atoms with van der Waals surface area (Å²) >= 11 is 0. The zero-order chi connectivity index (χ0) is 12.5. The summed E-state index contributed by atoms with van der Waals surface area (Å²) in [4.78, 5) is 0. The first-order valence-corrected chi connectivity index (χ1v) is 5.73. The third kappa shape index (κ3) is 2.77. The van der Waals surface area contributed by atoms with Crippen molar-refractivity contribution in [1.29, 1.82) is 0 Å². The third-order valence-electron chi connectivity index (χ3n) is 2.83. The predicted octanol–water partition coefficient (Wildman–Crippen LogP) is 1.83. The van der Waals surface area contributed by atoms with Gasteiger partial charge in [-0.1, -0.05) is 13.3 Å². The molecule has 0 fully saturated rings. The Hall–Kier alpha value is -1.11. The van der Waals surface area contributed by atoms with Crippen LogP contribution in [0, 0.1) is 0 Å². The van der Waals surface area contributed by atoms with E-state index in [0.29, 0.717) is 18.9 Å². The van der Waals surface area contributed by atoms with Crippen LogP contribution in [0.2, 0.25) is 0 Å². The molecule has 0 bridgehead atoms. The maximum atomic E-state index is 12.3. The Bertz CT molecular complexity index is 385. The van der Waals surface area contributed by atoms with Crippen molar-refractivity contribution in [3.8, 4) is 0 Å². The number of fused-ring (bicyclic) bond motifs is 1. The molecular weight excluding hydrogens is 233 g/mol. The zero-order valence-electron chi connectivity index (χ0n) is 9.59. The van der Waals surface area contributed by atoms with Gasteiger partial charge in [0.05, 0.1) is 6.04 Å². The van der Waals surface area contributed by atoms with Crippen molar-refractivity contribution in [3.63, 3.8) is 0 Å². The van der Waals surface area contributed by atoms with E-state index in [2.05, 4.69) is 15.5 Å². The monoisotopic (exact) mass is 248 g/mol. The van der Waals surface area contributed by atoms with E-state index < -0.39 is 12.6 Å². The number of aromatic nitrogens is 3. The Labute approximate surface area is 97.2 Å². The van der Waals surface area contributed by atoms with Gasteiger partial charge in [-0.25, -0.2) is 0 Å². The SMILES string of the molecule is CCCC1NCCn2c(CC(F)(F)F)nnc21. The summed E-state index contributed by atoms with van der Waals surface area (Å²) in [7, 11) is 0. The van der Waals surface area contributed by atoms with E-state index in [-0.39, 0.29) is 11.9 Å². The van der Waals surface area contributed by atoms with Gasteiger partial charge in [-0.2, -0.15) is 13.2 Å². The average Bonchev–Trinajstić information content (AvgIpc) is 2.61. The van der Waals surface area contributed by atoms with Crippen molar-refractivity contribution in [3.05, 3.63) is 11.6 Å². The molecular formula is C10H15F3N4. The summed E-state index contributed by atoms with van der Waals surface area (Å²) in [6.45, 7) is 3.21. The summed E-state index contributed by atoms with van der Waals surface area (Å²) in [6, 6.07) is 0.0308. The van der Waals surface area contributed by atoms with Gasteiger partial charge < -0.3 is 9.88 Å². The van der Waals surface area contributed by atoms with Crippen molar-refractivity contribution >= 4 is 0 Å². The Morgan fingerprint density at radius 1 is 1.41 bits per heavy atom. The van der Waals surface area contributed by atoms with E-state index in [1.807, 2.05) is 6.92 Å². The van der Waals surface area contributed by atoms with Crippen molar-refractivity contribution in [2.75, 3.05) is 6.54 Å². The van der Waals surface area contributed by atoms with E-state index in [4.69, 9.17) is 0 Å². The number of halogens is 3. The molecule has 0 saturated carbocycles. The third-order valence-corrected chi connectivity index (χ3v) is 2.83. The van der Waals surface area contributed by atoms with Crippen LogP contribution in [0.15, 0.2) is 0 Å². The van der Waals surface area contributed by atoms with Crippen molar-refractivity contribution in [2.45, 2.75) is 44.9 Å². The molecule has 0 spiro atoms. The topological polar surface area (TPSA) is 42.7 Å². The molecule has 1 aromatic rings. The van der Waals surface area contributed by atoms with Gasteiger partial charge in [0.25, 0.3) is 0 Å². The van der Waals surface area contributed by atoms with E-state index in [9.17, 15) is 13.2 Å². The molecule has 1 N–H and O–H groups in total.